The van der Waals surface area contributed by atoms with Gasteiger partial charge in [0.05, 0.1) is 5.52 Å². The SMILES string of the molecule is Cc1ccc(OCc2ccccc2C(=O)Nc2ccc3nc(C)cc(N)c3c2)cc1.Cl. The summed E-state index contributed by atoms with van der Waals surface area (Å²) < 4.78 is 5.87. The fourth-order valence-corrected chi connectivity index (χ4v) is 3.33. The van der Waals surface area contributed by atoms with Crippen LogP contribution in [0.5, 0.6) is 5.75 Å². The highest BCUT2D eigenvalue weighted by atomic mass is 35.5. The first-order chi connectivity index (χ1) is 14.5. The molecule has 4 aromatic rings. The van der Waals surface area contributed by atoms with Crippen LogP contribution >= 0.6 is 12.4 Å². The first kappa shape index (κ1) is 22.1. The quantitative estimate of drug-likeness (QED) is 0.424. The molecule has 0 aliphatic heterocycles. The number of amides is 1. The van der Waals surface area contributed by atoms with E-state index >= 15 is 0 Å². The molecule has 31 heavy (non-hydrogen) atoms. The molecule has 0 fully saturated rings. The average Bonchev–Trinajstić information content (AvgIpc) is 2.74. The number of nitrogen functional groups attached to an aromatic ring is 1. The third-order valence-corrected chi connectivity index (χ3v) is 4.90. The van der Waals surface area contributed by atoms with Crippen LogP contribution in [-0.2, 0) is 6.61 Å². The van der Waals surface area contributed by atoms with Gasteiger partial charge in [-0.2, -0.15) is 0 Å². The standard InChI is InChI=1S/C25H23N3O2.ClH/c1-16-7-10-20(11-8-16)30-15-18-5-3-4-6-21(18)25(29)28-19-9-12-24-22(14-19)23(26)13-17(2)27-24;/h3-14H,15H2,1-2H3,(H2,26,27)(H,28,29);1H. The first-order valence-corrected chi connectivity index (χ1v) is 9.75. The Hall–Kier alpha value is -3.57. The lowest BCUT2D eigenvalue weighted by Gasteiger charge is -2.12. The molecule has 0 aliphatic rings. The number of carbonyl (C=O) groups excluding carboxylic acids is 1. The summed E-state index contributed by atoms with van der Waals surface area (Å²) in [5.41, 5.74) is 11.6. The van der Waals surface area contributed by atoms with Gasteiger partial charge >= 0.3 is 0 Å². The molecule has 1 heterocycles. The number of carbonyl (C=O) groups is 1. The number of halogens is 1. The lowest BCUT2D eigenvalue weighted by Crippen LogP contribution is -2.15. The zero-order chi connectivity index (χ0) is 21.1. The van der Waals surface area contributed by atoms with Crippen molar-refractivity contribution in [3.8, 4) is 5.75 Å². The number of nitrogens with two attached hydrogens (primary N) is 1. The Kier molecular flexibility index (Phi) is 6.78. The fraction of sp³-hybridized carbons (Fsp3) is 0.120. The van der Waals surface area contributed by atoms with Gasteiger partial charge in [0.2, 0.25) is 0 Å². The number of hydrogen-bond donors (Lipinski definition) is 2. The molecule has 1 amide bonds. The average molecular weight is 434 g/mol. The predicted molar refractivity (Wildman–Crippen MR) is 128 cm³/mol. The van der Waals surface area contributed by atoms with Gasteiger partial charge in [0.1, 0.15) is 12.4 Å². The van der Waals surface area contributed by atoms with Gasteiger partial charge in [0.25, 0.3) is 5.91 Å². The van der Waals surface area contributed by atoms with Gasteiger partial charge < -0.3 is 15.8 Å². The number of nitrogens with zero attached hydrogens (tertiary/aromatic N) is 1. The first-order valence-electron chi connectivity index (χ1n) is 9.75. The maximum Gasteiger partial charge on any atom is 0.256 e. The molecule has 0 saturated heterocycles. The van der Waals surface area contributed by atoms with Crippen molar-refractivity contribution in [2.75, 3.05) is 11.1 Å². The molecule has 3 N–H and O–H groups in total. The van der Waals surface area contributed by atoms with Crippen LogP contribution in [0.3, 0.4) is 0 Å². The van der Waals surface area contributed by atoms with Crippen molar-refractivity contribution in [3.05, 3.63) is 95.2 Å². The Bertz CT molecular complexity index is 1220. The van der Waals surface area contributed by atoms with E-state index in [1.807, 2.05) is 80.6 Å². The fourth-order valence-electron chi connectivity index (χ4n) is 3.33. The van der Waals surface area contributed by atoms with Crippen molar-refractivity contribution in [2.24, 2.45) is 0 Å². The van der Waals surface area contributed by atoms with Gasteiger partial charge in [0, 0.05) is 33.6 Å². The van der Waals surface area contributed by atoms with Gasteiger partial charge in [-0.25, -0.2) is 0 Å². The number of anilines is 2. The van der Waals surface area contributed by atoms with Crippen molar-refractivity contribution in [1.82, 2.24) is 4.98 Å². The number of rotatable bonds is 5. The number of aromatic nitrogens is 1. The minimum atomic E-state index is -0.198. The number of nitrogens with one attached hydrogen (secondary N) is 1. The molecule has 0 spiro atoms. The summed E-state index contributed by atoms with van der Waals surface area (Å²) in [6.45, 7) is 4.24. The van der Waals surface area contributed by atoms with Crippen LogP contribution in [0.15, 0.2) is 72.8 Å². The summed E-state index contributed by atoms with van der Waals surface area (Å²) in [5.74, 6) is 0.569. The maximum absolute atomic E-state index is 13.0. The highest BCUT2D eigenvalue weighted by molar-refractivity contribution is 6.06. The Morgan fingerprint density at radius 3 is 2.52 bits per heavy atom. The predicted octanol–water partition coefficient (Wildman–Crippen LogP) is 5.69. The third-order valence-electron chi connectivity index (χ3n) is 4.90. The topological polar surface area (TPSA) is 77.2 Å². The molecule has 0 unspecified atom stereocenters. The molecule has 0 aliphatic carbocycles. The maximum atomic E-state index is 13.0. The van der Waals surface area contributed by atoms with Crippen molar-refractivity contribution in [1.29, 1.82) is 0 Å². The Morgan fingerprint density at radius 2 is 1.74 bits per heavy atom. The van der Waals surface area contributed by atoms with Crippen LogP contribution < -0.4 is 15.8 Å². The van der Waals surface area contributed by atoms with Gasteiger partial charge in [-0.1, -0.05) is 35.9 Å². The Balaban J connectivity index is 0.00000272. The van der Waals surface area contributed by atoms with Crippen molar-refractivity contribution in [3.63, 3.8) is 0 Å². The minimum absolute atomic E-state index is 0. The second kappa shape index (κ2) is 9.49. The normalized spacial score (nSPS) is 10.4. The zero-order valence-corrected chi connectivity index (χ0v) is 18.2. The molecule has 3 aromatic carbocycles. The molecular formula is C25H24ClN3O2. The summed E-state index contributed by atoms with van der Waals surface area (Å²) in [4.78, 5) is 17.4. The van der Waals surface area contributed by atoms with Gasteiger partial charge in [0.15, 0.2) is 0 Å². The van der Waals surface area contributed by atoms with Crippen LogP contribution in [0, 0.1) is 13.8 Å². The van der Waals surface area contributed by atoms with Gasteiger partial charge in [-0.15, -0.1) is 12.4 Å². The van der Waals surface area contributed by atoms with Crippen LogP contribution in [0.4, 0.5) is 11.4 Å². The molecule has 0 saturated carbocycles. The summed E-state index contributed by atoms with van der Waals surface area (Å²) in [6.07, 6.45) is 0. The summed E-state index contributed by atoms with van der Waals surface area (Å²) in [5, 5.41) is 3.77. The molecular weight excluding hydrogens is 410 g/mol. The lowest BCUT2D eigenvalue weighted by atomic mass is 10.1. The molecule has 5 nitrogen and oxygen atoms in total. The van der Waals surface area contributed by atoms with Gasteiger partial charge in [-0.05, 0) is 56.3 Å². The Labute approximate surface area is 187 Å². The van der Waals surface area contributed by atoms with E-state index in [9.17, 15) is 4.79 Å². The molecule has 6 heteroatoms. The second-order valence-corrected chi connectivity index (χ2v) is 7.30. The highest BCUT2D eigenvalue weighted by Crippen LogP contribution is 2.25. The summed E-state index contributed by atoms with van der Waals surface area (Å²) in [7, 11) is 0. The Morgan fingerprint density at radius 1 is 1.00 bits per heavy atom. The largest absolute Gasteiger partial charge is 0.489 e. The highest BCUT2D eigenvalue weighted by Gasteiger charge is 2.13. The number of benzene rings is 3. The van der Waals surface area contributed by atoms with Gasteiger partial charge in [-0.3, -0.25) is 9.78 Å². The van der Waals surface area contributed by atoms with Crippen molar-refractivity contribution in [2.45, 2.75) is 20.5 Å². The van der Waals surface area contributed by atoms with Crippen molar-refractivity contribution < 1.29 is 9.53 Å². The van der Waals surface area contributed by atoms with E-state index in [0.717, 1.165) is 27.9 Å². The van der Waals surface area contributed by atoms with Crippen LogP contribution in [0.2, 0.25) is 0 Å². The molecule has 0 atom stereocenters. The number of aryl methyl sites for hydroxylation is 2. The molecule has 1 aromatic heterocycles. The van der Waals surface area contributed by atoms with Crippen LogP contribution in [-0.4, -0.2) is 10.9 Å². The second-order valence-electron chi connectivity index (χ2n) is 7.30. The van der Waals surface area contributed by atoms with E-state index in [1.165, 1.54) is 5.56 Å². The lowest BCUT2D eigenvalue weighted by molar-refractivity contribution is 0.102. The summed E-state index contributed by atoms with van der Waals surface area (Å²) in [6, 6.07) is 22.6. The molecule has 4 rings (SSSR count). The van der Waals surface area contributed by atoms with E-state index in [-0.39, 0.29) is 18.3 Å². The van der Waals surface area contributed by atoms with Crippen molar-refractivity contribution >= 4 is 40.6 Å². The number of hydrogen-bond acceptors (Lipinski definition) is 4. The van der Waals surface area contributed by atoms with E-state index in [1.54, 1.807) is 6.07 Å². The summed E-state index contributed by atoms with van der Waals surface area (Å²) >= 11 is 0. The molecule has 158 valence electrons. The van der Waals surface area contributed by atoms with E-state index < -0.39 is 0 Å². The van der Waals surface area contributed by atoms with E-state index in [4.69, 9.17) is 10.5 Å². The monoisotopic (exact) mass is 433 g/mol. The molecule has 0 radical (unpaired) electrons. The zero-order valence-electron chi connectivity index (χ0n) is 17.4. The molecule has 0 bridgehead atoms. The number of fused-ring (bicyclic) bond motifs is 1. The number of pyridine rings is 1. The minimum Gasteiger partial charge on any atom is -0.489 e. The van der Waals surface area contributed by atoms with Crippen LogP contribution in [0.1, 0.15) is 27.2 Å². The third kappa shape index (κ3) is 5.13. The van der Waals surface area contributed by atoms with E-state index in [2.05, 4.69) is 10.3 Å². The smallest absolute Gasteiger partial charge is 0.256 e. The van der Waals surface area contributed by atoms with Crippen LogP contribution in [0.25, 0.3) is 10.9 Å². The number of ether oxygens (including phenoxy) is 1. The van der Waals surface area contributed by atoms with E-state index in [0.29, 0.717) is 23.5 Å².